The van der Waals surface area contributed by atoms with Crippen molar-refractivity contribution in [3.63, 3.8) is 0 Å². The number of rotatable bonds is 10. The van der Waals surface area contributed by atoms with Gasteiger partial charge in [-0.15, -0.1) is 0 Å². The Morgan fingerprint density at radius 1 is 1.38 bits per heavy atom. The van der Waals surface area contributed by atoms with Crippen LogP contribution in [0.4, 0.5) is 0 Å². The number of ether oxygens (including phenoxy) is 1. The van der Waals surface area contributed by atoms with Crippen molar-refractivity contribution in [1.82, 2.24) is 5.32 Å². The van der Waals surface area contributed by atoms with Crippen molar-refractivity contribution in [2.75, 3.05) is 24.7 Å². The molecule has 0 amide bonds. The van der Waals surface area contributed by atoms with Crippen LogP contribution in [0.5, 0.6) is 0 Å². The summed E-state index contributed by atoms with van der Waals surface area (Å²) < 4.78 is 5.36. The molecule has 1 aliphatic carbocycles. The van der Waals surface area contributed by atoms with Gasteiger partial charge in [0.1, 0.15) is 5.54 Å². The molecule has 2 unspecified atom stereocenters. The lowest BCUT2D eigenvalue weighted by atomic mass is 9.85. The summed E-state index contributed by atoms with van der Waals surface area (Å²) in [6.45, 7) is 9.82. The zero-order valence-corrected chi connectivity index (χ0v) is 15.1. The molecular weight excluding hydrogens is 282 g/mol. The summed E-state index contributed by atoms with van der Waals surface area (Å²) in [5.74, 6) is 3.58. The average Bonchev–Trinajstić information content (AvgIpc) is 2.83. The van der Waals surface area contributed by atoms with Crippen molar-refractivity contribution in [2.45, 2.75) is 65.3 Å². The van der Waals surface area contributed by atoms with E-state index in [9.17, 15) is 4.79 Å². The van der Waals surface area contributed by atoms with Crippen LogP contribution in [0.25, 0.3) is 0 Å². The largest absolute Gasteiger partial charge is 0.465 e. The zero-order chi connectivity index (χ0) is 15.7. The van der Waals surface area contributed by atoms with E-state index in [2.05, 4.69) is 26.1 Å². The molecule has 4 heteroatoms. The Bertz CT molecular complexity index is 309. The minimum Gasteiger partial charge on any atom is -0.465 e. The summed E-state index contributed by atoms with van der Waals surface area (Å²) in [6.07, 6.45) is 5.62. The third-order valence-electron chi connectivity index (χ3n) is 4.40. The van der Waals surface area contributed by atoms with E-state index < -0.39 is 5.54 Å². The van der Waals surface area contributed by atoms with Crippen LogP contribution in [0.15, 0.2) is 0 Å². The van der Waals surface area contributed by atoms with Crippen molar-refractivity contribution >= 4 is 17.7 Å². The van der Waals surface area contributed by atoms with Gasteiger partial charge in [0, 0.05) is 0 Å². The molecule has 1 saturated carbocycles. The molecule has 0 aromatic rings. The number of carbonyl (C=O) groups excluding carboxylic acids is 1. The average molecular weight is 316 g/mol. The number of esters is 1. The van der Waals surface area contributed by atoms with Gasteiger partial charge in [0.25, 0.3) is 0 Å². The second kappa shape index (κ2) is 9.73. The number of hydrogen-bond donors (Lipinski definition) is 1. The Kier molecular flexibility index (Phi) is 8.72. The van der Waals surface area contributed by atoms with Crippen LogP contribution in [0.3, 0.4) is 0 Å². The van der Waals surface area contributed by atoms with E-state index in [-0.39, 0.29) is 5.97 Å². The molecule has 0 spiro atoms. The monoisotopic (exact) mass is 315 g/mol. The van der Waals surface area contributed by atoms with Crippen LogP contribution in [0, 0.1) is 11.8 Å². The SMILES string of the molecule is CCNC1(C(=O)OCC)CCCC1CCSCCC(C)C. The quantitative estimate of drug-likeness (QED) is 0.490. The minimum atomic E-state index is -0.413. The molecule has 1 N–H and O–H groups in total. The van der Waals surface area contributed by atoms with E-state index >= 15 is 0 Å². The van der Waals surface area contributed by atoms with Gasteiger partial charge in [0.15, 0.2) is 0 Å². The molecule has 0 bridgehead atoms. The van der Waals surface area contributed by atoms with E-state index in [1.807, 2.05) is 18.7 Å². The van der Waals surface area contributed by atoms with Gasteiger partial charge in [-0.05, 0) is 62.5 Å². The highest BCUT2D eigenvalue weighted by atomic mass is 32.2. The van der Waals surface area contributed by atoms with Gasteiger partial charge in [-0.1, -0.05) is 27.2 Å². The summed E-state index contributed by atoms with van der Waals surface area (Å²) in [6, 6.07) is 0. The molecule has 0 aromatic heterocycles. The topological polar surface area (TPSA) is 38.3 Å². The molecule has 0 aromatic carbocycles. The van der Waals surface area contributed by atoms with Gasteiger partial charge in [-0.2, -0.15) is 11.8 Å². The molecule has 124 valence electrons. The summed E-state index contributed by atoms with van der Waals surface area (Å²) in [7, 11) is 0. The molecule has 3 nitrogen and oxygen atoms in total. The molecule has 21 heavy (non-hydrogen) atoms. The molecular formula is C17H33NO2S. The summed E-state index contributed by atoms with van der Waals surface area (Å²) in [5, 5.41) is 3.47. The molecule has 2 atom stereocenters. The third-order valence-corrected chi connectivity index (χ3v) is 5.45. The Morgan fingerprint density at radius 3 is 2.76 bits per heavy atom. The third kappa shape index (κ3) is 5.48. The molecule has 0 aliphatic heterocycles. The highest BCUT2D eigenvalue weighted by molar-refractivity contribution is 7.99. The lowest BCUT2D eigenvalue weighted by molar-refractivity contribution is -0.153. The number of thioether (sulfide) groups is 1. The Hall–Kier alpha value is -0.220. The van der Waals surface area contributed by atoms with Crippen molar-refractivity contribution in [1.29, 1.82) is 0 Å². The Labute approximate surface area is 135 Å². The fourth-order valence-corrected chi connectivity index (χ4v) is 4.56. The van der Waals surface area contributed by atoms with Crippen LogP contribution in [0.1, 0.15) is 59.8 Å². The van der Waals surface area contributed by atoms with Gasteiger partial charge in [0.2, 0.25) is 0 Å². The van der Waals surface area contributed by atoms with Gasteiger partial charge in [-0.3, -0.25) is 4.79 Å². The molecule has 0 radical (unpaired) electrons. The number of hydrogen-bond acceptors (Lipinski definition) is 4. The first-order valence-electron chi connectivity index (χ1n) is 8.56. The van der Waals surface area contributed by atoms with Crippen LogP contribution >= 0.6 is 11.8 Å². The molecule has 1 fully saturated rings. The van der Waals surface area contributed by atoms with Gasteiger partial charge in [0.05, 0.1) is 6.61 Å². The normalized spacial score (nSPS) is 25.5. The van der Waals surface area contributed by atoms with Gasteiger partial charge in [-0.25, -0.2) is 0 Å². The second-order valence-electron chi connectivity index (χ2n) is 6.39. The zero-order valence-electron chi connectivity index (χ0n) is 14.2. The minimum absolute atomic E-state index is 0.0264. The number of carbonyl (C=O) groups is 1. The maximum Gasteiger partial charge on any atom is 0.326 e. The van der Waals surface area contributed by atoms with E-state index in [0.29, 0.717) is 12.5 Å². The van der Waals surface area contributed by atoms with E-state index in [0.717, 1.165) is 43.9 Å². The van der Waals surface area contributed by atoms with E-state index in [1.54, 1.807) is 0 Å². The smallest absolute Gasteiger partial charge is 0.326 e. The predicted molar refractivity (Wildman–Crippen MR) is 91.8 cm³/mol. The van der Waals surface area contributed by atoms with E-state index in [1.165, 1.54) is 12.2 Å². The number of likely N-dealkylation sites (N-methyl/N-ethyl adjacent to an activating group) is 1. The van der Waals surface area contributed by atoms with Crippen molar-refractivity contribution in [3.05, 3.63) is 0 Å². The second-order valence-corrected chi connectivity index (χ2v) is 7.62. The van der Waals surface area contributed by atoms with Crippen LogP contribution in [-0.4, -0.2) is 36.2 Å². The Morgan fingerprint density at radius 2 is 2.14 bits per heavy atom. The summed E-state index contributed by atoms with van der Waals surface area (Å²) >= 11 is 2.03. The summed E-state index contributed by atoms with van der Waals surface area (Å²) in [4.78, 5) is 12.5. The molecule has 0 heterocycles. The fourth-order valence-electron chi connectivity index (χ4n) is 3.26. The number of nitrogens with one attached hydrogen (secondary N) is 1. The van der Waals surface area contributed by atoms with Gasteiger partial charge < -0.3 is 10.1 Å². The first-order valence-corrected chi connectivity index (χ1v) is 9.72. The summed E-state index contributed by atoms with van der Waals surface area (Å²) in [5.41, 5.74) is -0.413. The van der Waals surface area contributed by atoms with Crippen molar-refractivity contribution in [2.24, 2.45) is 11.8 Å². The first-order chi connectivity index (χ1) is 10.1. The maximum absolute atomic E-state index is 12.5. The maximum atomic E-state index is 12.5. The molecule has 1 rings (SSSR count). The highest BCUT2D eigenvalue weighted by Crippen LogP contribution is 2.39. The van der Waals surface area contributed by atoms with Crippen LogP contribution in [-0.2, 0) is 9.53 Å². The molecule has 1 aliphatic rings. The predicted octanol–water partition coefficient (Wildman–Crippen LogP) is 3.87. The van der Waals surface area contributed by atoms with Crippen molar-refractivity contribution < 1.29 is 9.53 Å². The molecule has 0 saturated heterocycles. The van der Waals surface area contributed by atoms with Crippen LogP contribution in [0.2, 0.25) is 0 Å². The van der Waals surface area contributed by atoms with Gasteiger partial charge >= 0.3 is 5.97 Å². The lowest BCUT2D eigenvalue weighted by Gasteiger charge is -2.34. The highest BCUT2D eigenvalue weighted by Gasteiger charge is 2.49. The van der Waals surface area contributed by atoms with Crippen molar-refractivity contribution in [3.8, 4) is 0 Å². The standard InChI is InChI=1S/C17H33NO2S/c1-5-18-17(16(19)20-6-2)11-7-8-15(17)10-13-21-12-9-14(3)4/h14-15,18H,5-13H2,1-4H3. The Balaban J connectivity index is 2.51. The fraction of sp³-hybridized carbons (Fsp3) is 0.941. The van der Waals surface area contributed by atoms with E-state index in [4.69, 9.17) is 4.74 Å². The lowest BCUT2D eigenvalue weighted by Crippen LogP contribution is -2.55. The first kappa shape index (κ1) is 18.8. The van der Waals surface area contributed by atoms with Crippen LogP contribution < -0.4 is 5.32 Å².